The van der Waals surface area contributed by atoms with Gasteiger partial charge in [0.15, 0.2) is 0 Å². The van der Waals surface area contributed by atoms with Crippen LogP contribution in [0.3, 0.4) is 0 Å². The van der Waals surface area contributed by atoms with Crippen molar-refractivity contribution < 1.29 is 41.9 Å². The Morgan fingerprint density at radius 3 is 2.00 bits per heavy atom. The molecule has 17 heavy (non-hydrogen) atoms. The molecule has 0 aromatic rings. The molecular weight excluding hydrogens is 357 g/mol. The number of rotatable bonds is 8. The van der Waals surface area contributed by atoms with Crippen molar-refractivity contribution in [1.29, 1.82) is 0 Å². The molecule has 2 unspecified atom stereocenters. The summed E-state index contributed by atoms with van der Waals surface area (Å²) < 4.78 is 39.6. The van der Waals surface area contributed by atoms with Crippen molar-refractivity contribution in [2.75, 3.05) is 11.3 Å². The minimum absolute atomic E-state index is 0.0743. The first-order valence-corrected chi connectivity index (χ1v) is 12.3. The molecule has 0 saturated heterocycles. The SMILES string of the molecule is CSSCSP(=O)(O)OP(=O)(O)OP(=O)(O)O. The molecule has 0 spiro atoms. The molecule has 0 fully saturated rings. The van der Waals surface area contributed by atoms with Crippen LogP contribution in [0.5, 0.6) is 0 Å². The van der Waals surface area contributed by atoms with E-state index in [-0.39, 0.29) is 5.08 Å². The summed E-state index contributed by atoms with van der Waals surface area (Å²) >= 11 is 0.322. The van der Waals surface area contributed by atoms with Crippen LogP contribution in [0.4, 0.5) is 0 Å². The Morgan fingerprint density at radius 2 is 1.59 bits per heavy atom. The zero-order valence-corrected chi connectivity index (χ0v) is 13.2. The van der Waals surface area contributed by atoms with Crippen LogP contribution in [0, 0.1) is 0 Å². The van der Waals surface area contributed by atoms with E-state index in [1.54, 1.807) is 6.26 Å². The van der Waals surface area contributed by atoms with Crippen molar-refractivity contribution in [1.82, 2.24) is 0 Å². The molecule has 0 aromatic heterocycles. The van der Waals surface area contributed by atoms with Gasteiger partial charge in [-0.25, -0.2) is 13.7 Å². The van der Waals surface area contributed by atoms with E-state index < -0.39 is 22.4 Å². The second-order valence-corrected chi connectivity index (χ2v) is 11.9. The molecule has 0 aliphatic rings. The lowest BCUT2D eigenvalue weighted by Gasteiger charge is -2.15. The third-order valence-corrected chi connectivity index (χ3v) is 9.59. The van der Waals surface area contributed by atoms with Gasteiger partial charge in [0.2, 0.25) is 0 Å². The van der Waals surface area contributed by atoms with Gasteiger partial charge in [-0.15, -0.1) is 0 Å². The second-order valence-electron chi connectivity index (χ2n) is 2.12. The molecule has 0 radical (unpaired) electrons. The van der Waals surface area contributed by atoms with Gasteiger partial charge in [-0.1, -0.05) is 21.6 Å². The number of phosphoric acid groups is 2. The molecule has 0 aromatic carbocycles. The highest BCUT2D eigenvalue weighted by atomic mass is 33.1. The summed E-state index contributed by atoms with van der Waals surface area (Å²) in [5.74, 6) is 0. The first kappa shape index (κ1) is 18.5. The summed E-state index contributed by atoms with van der Waals surface area (Å²) in [5.41, 5.74) is 0. The Bertz CT molecular complexity index is 378. The molecule has 0 aliphatic heterocycles. The molecule has 4 N–H and O–H groups in total. The monoisotopic (exact) mass is 366 g/mol. The van der Waals surface area contributed by atoms with Gasteiger partial charge in [-0.3, -0.25) is 0 Å². The van der Waals surface area contributed by atoms with Crippen molar-refractivity contribution in [3.63, 3.8) is 0 Å². The van der Waals surface area contributed by atoms with Crippen molar-refractivity contribution in [3.05, 3.63) is 0 Å². The van der Waals surface area contributed by atoms with Crippen LogP contribution in [0.15, 0.2) is 0 Å². The van der Waals surface area contributed by atoms with Gasteiger partial charge in [0.25, 0.3) is 0 Å². The smallest absolute Gasteiger partial charge is 0.316 e. The summed E-state index contributed by atoms with van der Waals surface area (Å²) in [7, 11) is -8.12. The molecule has 0 bridgehead atoms. The third kappa shape index (κ3) is 11.1. The second kappa shape index (κ2) is 7.33. The minimum atomic E-state index is -5.30. The van der Waals surface area contributed by atoms with Gasteiger partial charge in [-0.2, -0.15) is 8.62 Å². The Morgan fingerprint density at radius 1 is 1.06 bits per heavy atom. The standard InChI is InChI=1S/C2H9O9P3S3/c1-15-17-2-16-14(8,9)11-13(6,7)10-12(3,4)5/h2H2,1H3,(H,6,7)(H,8,9)(H2,3,4,5). The maximum absolute atomic E-state index is 11.2. The zero-order chi connectivity index (χ0) is 13.7. The molecule has 2 atom stereocenters. The maximum atomic E-state index is 11.2. The maximum Gasteiger partial charge on any atom is 0.488 e. The van der Waals surface area contributed by atoms with E-state index in [1.165, 1.54) is 21.6 Å². The lowest BCUT2D eigenvalue weighted by Crippen LogP contribution is -1.91. The van der Waals surface area contributed by atoms with Crippen LogP contribution in [-0.4, -0.2) is 30.9 Å². The van der Waals surface area contributed by atoms with Gasteiger partial charge in [0.1, 0.15) is 0 Å². The molecular formula is C2H9O9P3S3. The summed E-state index contributed by atoms with van der Waals surface area (Å²) in [4.78, 5) is 34.4. The van der Waals surface area contributed by atoms with E-state index in [9.17, 15) is 13.7 Å². The van der Waals surface area contributed by atoms with Gasteiger partial charge >= 0.3 is 22.4 Å². The highest BCUT2D eigenvalue weighted by Gasteiger charge is 2.39. The summed E-state index contributed by atoms with van der Waals surface area (Å²) in [5, 5.41) is 0.0743. The largest absolute Gasteiger partial charge is 0.488 e. The predicted octanol–water partition coefficient (Wildman–Crippen LogP) is 2.02. The van der Waals surface area contributed by atoms with Crippen LogP contribution >= 0.6 is 55.4 Å². The number of hydrogen-bond donors (Lipinski definition) is 4. The van der Waals surface area contributed by atoms with Gasteiger partial charge < -0.3 is 19.6 Å². The van der Waals surface area contributed by atoms with Crippen molar-refractivity contribution in [3.8, 4) is 0 Å². The molecule has 15 heteroatoms. The average molecular weight is 366 g/mol. The summed E-state index contributed by atoms with van der Waals surface area (Å²) in [6.45, 7) is -4.53. The van der Waals surface area contributed by atoms with Crippen LogP contribution in [0.1, 0.15) is 0 Å². The van der Waals surface area contributed by atoms with Crippen molar-refractivity contribution >= 4 is 55.4 Å². The highest BCUT2D eigenvalue weighted by Crippen LogP contribution is 2.70. The lowest BCUT2D eigenvalue weighted by atomic mass is 11.9. The molecule has 0 saturated carbocycles. The fourth-order valence-corrected chi connectivity index (χ4v) is 9.02. The van der Waals surface area contributed by atoms with E-state index in [1.807, 2.05) is 0 Å². The Hall–Kier alpha value is 1.50. The van der Waals surface area contributed by atoms with Gasteiger partial charge in [0.05, 0.1) is 5.08 Å². The van der Waals surface area contributed by atoms with Gasteiger partial charge in [0, 0.05) is 0 Å². The van der Waals surface area contributed by atoms with Crippen LogP contribution in [0.2, 0.25) is 0 Å². The molecule has 0 aliphatic carbocycles. The topological polar surface area (TPSA) is 151 Å². The average Bonchev–Trinajstić information content (AvgIpc) is 1.96. The van der Waals surface area contributed by atoms with Crippen LogP contribution < -0.4 is 0 Å². The third-order valence-electron chi connectivity index (χ3n) is 0.798. The first-order chi connectivity index (χ1) is 7.47. The molecule has 0 heterocycles. The molecule has 0 rings (SSSR count). The molecule has 104 valence electrons. The van der Waals surface area contributed by atoms with Gasteiger partial charge in [-0.05, 0) is 17.6 Å². The first-order valence-electron chi connectivity index (χ1n) is 3.41. The fourth-order valence-electron chi connectivity index (χ4n) is 0.440. The number of hydrogen-bond acceptors (Lipinski definition) is 8. The van der Waals surface area contributed by atoms with E-state index in [4.69, 9.17) is 19.6 Å². The Balaban J connectivity index is 4.44. The van der Waals surface area contributed by atoms with E-state index in [0.717, 1.165) is 0 Å². The molecule has 9 nitrogen and oxygen atoms in total. The predicted molar refractivity (Wildman–Crippen MR) is 67.4 cm³/mol. The quantitative estimate of drug-likeness (QED) is 0.215. The minimum Gasteiger partial charge on any atom is -0.316 e. The molecule has 0 amide bonds. The summed E-state index contributed by atoms with van der Waals surface area (Å²) in [6.07, 6.45) is 1.71. The normalized spacial score (nSPS) is 19.6. The fraction of sp³-hybridized carbons (Fsp3) is 1.00. The highest BCUT2D eigenvalue weighted by molar-refractivity contribution is 8.79. The van der Waals surface area contributed by atoms with E-state index in [2.05, 4.69) is 8.62 Å². The van der Waals surface area contributed by atoms with Crippen molar-refractivity contribution in [2.45, 2.75) is 0 Å². The summed E-state index contributed by atoms with van der Waals surface area (Å²) in [6, 6.07) is 0. The van der Waals surface area contributed by atoms with Crippen molar-refractivity contribution in [2.24, 2.45) is 0 Å². The lowest BCUT2D eigenvalue weighted by molar-refractivity contribution is 0.226. The Kier molecular flexibility index (Phi) is 7.97. The zero-order valence-electron chi connectivity index (χ0n) is 8.10. The van der Waals surface area contributed by atoms with Crippen LogP contribution in [-0.2, 0) is 22.3 Å². The van der Waals surface area contributed by atoms with E-state index in [0.29, 0.717) is 11.4 Å². The van der Waals surface area contributed by atoms with Crippen LogP contribution in [0.25, 0.3) is 0 Å². The van der Waals surface area contributed by atoms with E-state index >= 15 is 0 Å². The Labute approximate surface area is 109 Å².